The molecule has 0 aromatic rings. The molecule has 0 aliphatic rings. The topological polar surface area (TPSA) is 73.1 Å². The van der Waals surface area contributed by atoms with Crippen molar-refractivity contribution in [1.82, 2.24) is 5.32 Å². The highest BCUT2D eigenvalue weighted by Crippen LogP contribution is 2.32. The van der Waals surface area contributed by atoms with E-state index in [-0.39, 0.29) is 6.92 Å². The monoisotopic (exact) mass is 278 g/mol. The lowest BCUT2D eigenvalue weighted by atomic mass is 10.0. The van der Waals surface area contributed by atoms with E-state index in [0.29, 0.717) is 0 Å². The van der Waals surface area contributed by atoms with Gasteiger partial charge in [0.05, 0.1) is 6.07 Å². The van der Waals surface area contributed by atoms with Gasteiger partial charge in [-0.1, -0.05) is 0 Å². The Balaban J connectivity index is 4.98. The molecule has 2 N–H and O–H groups in total. The zero-order chi connectivity index (χ0) is 14.8. The van der Waals surface area contributed by atoms with Crippen LogP contribution in [-0.4, -0.2) is 35.5 Å². The predicted molar refractivity (Wildman–Crippen MR) is 45.3 cm³/mol. The summed E-state index contributed by atoms with van der Waals surface area (Å²) >= 11 is 0. The molecule has 18 heavy (non-hydrogen) atoms. The molecule has 0 aliphatic heterocycles. The molecule has 2 atom stereocenters. The average molecular weight is 278 g/mol. The second kappa shape index (κ2) is 5.01. The quantitative estimate of drug-likeness (QED) is 0.767. The van der Waals surface area contributed by atoms with Crippen LogP contribution in [0.1, 0.15) is 6.92 Å². The molecule has 10 heteroatoms. The average Bonchev–Trinajstić information content (AvgIpc) is 2.13. The van der Waals surface area contributed by atoms with Crippen LogP contribution in [0.15, 0.2) is 0 Å². The Labute approximate surface area is 97.2 Å². The number of carboxylic acid groups (broad SMARTS) is 1. The number of alkyl halides is 6. The minimum absolute atomic E-state index is 0.181. The van der Waals surface area contributed by atoms with E-state index in [0.717, 1.165) is 6.07 Å². The normalized spacial score (nSPS) is 17.7. The van der Waals surface area contributed by atoms with Gasteiger partial charge in [0.2, 0.25) is 5.54 Å². The molecule has 0 saturated heterocycles. The Kier molecular flexibility index (Phi) is 4.59. The van der Waals surface area contributed by atoms with Gasteiger partial charge in [-0.25, -0.2) is 4.79 Å². The fourth-order valence-corrected chi connectivity index (χ4v) is 0.838. The molecular weight excluding hydrogens is 270 g/mol. The Morgan fingerprint density at radius 3 is 2.00 bits per heavy atom. The van der Waals surface area contributed by atoms with Crippen LogP contribution in [0.4, 0.5) is 26.3 Å². The van der Waals surface area contributed by atoms with E-state index in [1.165, 1.54) is 5.32 Å². The van der Waals surface area contributed by atoms with E-state index in [4.69, 9.17) is 10.4 Å². The second-order valence-electron chi connectivity index (χ2n) is 3.53. The van der Waals surface area contributed by atoms with Crippen LogP contribution in [0.25, 0.3) is 0 Å². The Morgan fingerprint density at radius 1 is 1.33 bits per heavy atom. The number of nitrogens with zero attached hydrogens (tertiary/aromatic N) is 1. The fraction of sp³-hybridized carbons (Fsp3) is 0.750. The molecule has 0 amide bonds. The highest BCUT2D eigenvalue weighted by molar-refractivity contribution is 5.79. The first-order chi connectivity index (χ1) is 7.86. The molecule has 0 fully saturated rings. The summed E-state index contributed by atoms with van der Waals surface area (Å²) in [6.07, 6.45) is -10.3. The van der Waals surface area contributed by atoms with Crippen molar-refractivity contribution in [3.05, 3.63) is 0 Å². The Morgan fingerprint density at radius 2 is 1.78 bits per heavy atom. The number of hydrogen-bond donors (Lipinski definition) is 2. The number of rotatable bonds is 4. The first-order valence-corrected chi connectivity index (χ1v) is 4.37. The fourth-order valence-electron chi connectivity index (χ4n) is 0.838. The molecule has 0 rings (SSSR count). The van der Waals surface area contributed by atoms with Crippen molar-refractivity contribution in [2.45, 2.75) is 24.8 Å². The molecular formula is C8H8F6N2O2. The summed E-state index contributed by atoms with van der Waals surface area (Å²) in [5.41, 5.74) is -3.55. The van der Waals surface area contributed by atoms with Crippen LogP contribution < -0.4 is 5.32 Å². The molecule has 2 unspecified atom stereocenters. The van der Waals surface area contributed by atoms with E-state index in [2.05, 4.69) is 0 Å². The van der Waals surface area contributed by atoms with Crippen molar-refractivity contribution in [1.29, 1.82) is 5.26 Å². The van der Waals surface area contributed by atoms with E-state index in [1.807, 2.05) is 0 Å². The molecule has 0 bridgehead atoms. The first-order valence-electron chi connectivity index (χ1n) is 4.37. The van der Waals surface area contributed by atoms with E-state index >= 15 is 0 Å². The summed E-state index contributed by atoms with van der Waals surface area (Å²) in [4.78, 5) is 10.5. The molecule has 104 valence electrons. The van der Waals surface area contributed by atoms with E-state index in [9.17, 15) is 31.1 Å². The standard InChI is InChI=1S/C8H8F6N2O2/c1-6(5(17)18,8(12,13)14)16-3-4(2-15)7(9,10)11/h4,16H,3H2,1H3,(H,17,18). The molecule has 0 aromatic carbocycles. The summed E-state index contributed by atoms with van der Waals surface area (Å²) in [6.45, 7) is -1.29. The van der Waals surface area contributed by atoms with Gasteiger partial charge in [-0.05, 0) is 6.92 Å². The zero-order valence-electron chi connectivity index (χ0n) is 8.85. The minimum Gasteiger partial charge on any atom is -0.480 e. The van der Waals surface area contributed by atoms with E-state index < -0.39 is 36.3 Å². The van der Waals surface area contributed by atoms with Gasteiger partial charge in [0.1, 0.15) is 0 Å². The Bertz CT molecular complexity index is 358. The maximum absolute atomic E-state index is 12.4. The van der Waals surface area contributed by atoms with Crippen molar-refractivity contribution in [3.8, 4) is 6.07 Å². The van der Waals surface area contributed by atoms with Gasteiger partial charge >= 0.3 is 18.3 Å². The summed E-state index contributed by atoms with van der Waals surface area (Å²) in [5.74, 6) is -5.10. The number of nitrogens with one attached hydrogen (secondary N) is 1. The predicted octanol–water partition coefficient (Wildman–Crippen LogP) is 1.68. The molecule has 0 radical (unpaired) electrons. The maximum Gasteiger partial charge on any atom is 0.417 e. The largest absolute Gasteiger partial charge is 0.480 e. The molecule has 0 aliphatic carbocycles. The lowest BCUT2D eigenvalue weighted by molar-refractivity contribution is -0.209. The third-order valence-corrected chi connectivity index (χ3v) is 2.21. The molecule has 4 nitrogen and oxygen atoms in total. The van der Waals surface area contributed by atoms with Gasteiger partial charge in [-0.2, -0.15) is 31.6 Å². The van der Waals surface area contributed by atoms with Crippen molar-refractivity contribution in [3.63, 3.8) is 0 Å². The zero-order valence-corrected chi connectivity index (χ0v) is 8.85. The van der Waals surface area contributed by atoms with Crippen molar-refractivity contribution in [2.75, 3.05) is 6.54 Å². The summed E-state index contributed by atoms with van der Waals surface area (Å²) in [7, 11) is 0. The number of halogens is 6. The molecule has 0 saturated carbocycles. The van der Waals surface area contributed by atoms with Gasteiger partial charge in [0.25, 0.3) is 0 Å². The van der Waals surface area contributed by atoms with Crippen LogP contribution in [-0.2, 0) is 4.79 Å². The van der Waals surface area contributed by atoms with Crippen LogP contribution in [0.5, 0.6) is 0 Å². The van der Waals surface area contributed by atoms with Gasteiger partial charge in [-0.3, -0.25) is 5.32 Å². The highest BCUT2D eigenvalue weighted by Gasteiger charge is 2.58. The molecule has 0 heterocycles. The number of hydrogen-bond acceptors (Lipinski definition) is 3. The van der Waals surface area contributed by atoms with Gasteiger partial charge in [0, 0.05) is 6.54 Å². The Hall–Kier alpha value is -1.50. The van der Waals surface area contributed by atoms with Crippen molar-refractivity contribution < 1.29 is 36.2 Å². The summed E-state index contributed by atoms with van der Waals surface area (Å²) in [5, 5.41) is 17.8. The molecule has 0 aromatic heterocycles. The van der Waals surface area contributed by atoms with Crippen LogP contribution in [0.3, 0.4) is 0 Å². The van der Waals surface area contributed by atoms with Gasteiger partial charge < -0.3 is 5.11 Å². The molecule has 0 spiro atoms. The second-order valence-corrected chi connectivity index (χ2v) is 3.53. The van der Waals surface area contributed by atoms with Crippen molar-refractivity contribution in [2.24, 2.45) is 5.92 Å². The SMILES string of the molecule is CC(NCC(C#N)C(F)(F)F)(C(=O)O)C(F)(F)F. The lowest BCUT2D eigenvalue weighted by Gasteiger charge is -2.29. The van der Waals surface area contributed by atoms with Crippen LogP contribution in [0.2, 0.25) is 0 Å². The minimum atomic E-state index is -5.30. The maximum atomic E-state index is 12.4. The van der Waals surface area contributed by atoms with Gasteiger partial charge in [0.15, 0.2) is 5.92 Å². The van der Waals surface area contributed by atoms with Crippen LogP contribution >= 0.6 is 0 Å². The number of carbonyl (C=O) groups is 1. The lowest BCUT2D eigenvalue weighted by Crippen LogP contribution is -2.61. The van der Waals surface area contributed by atoms with Crippen molar-refractivity contribution >= 4 is 5.97 Å². The number of aliphatic carboxylic acids is 1. The highest BCUT2D eigenvalue weighted by atomic mass is 19.4. The summed E-state index contributed by atoms with van der Waals surface area (Å²) < 4.78 is 73.5. The third kappa shape index (κ3) is 3.49. The van der Waals surface area contributed by atoms with Crippen LogP contribution in [0, 0.1) is 17.2 Å². The first kappa shape index (κ1) is 16.5. The number of nitriles is 1. The third-order valence-electron chi connectivity index (χ3n) is 2.21. The summed E-state index contributed by atoms with van der Waals surface area (Å²) in [6, 6.07) is 0.757. The number of carboxylic acids is 1. The van der Waals surface area contributed by atoms with Gasteiger partial charge in [-0.15, -0.1) is 0 Å². The van der Waals surface area contributed by atoms with E-state index in [1.54, 1.807) is 0 Å². The smallest absolute Gasteiger partial charge is 0.417 e.